The Morgan fingerprint density at radius 2 is 2.03 bits per heavy atom. The molecule has 0 aromatic carbocycles. The van der Waals surface area contributed by atoms with E-state index >= 15 is 0 Å². The van der Waals surface area contributed by atoms with Crippen LogP contribution in [0.15, 0.2) is 11.6 Å². The predicted octanol–water partition coefficient (Wildman–Crippen LogP) is 2.59. The molecule has 6 aliphatic rings. The second-order valence-corrected chi connectivity index (χ2v) is 10.1. The maximum absolute atomic E-state index is 12.7. The topological polar surface area (TPSA) is 74.2 Å². The Hall–Kier alpha value is -0.950. The molecule has 2 heterocycles. The van der Waals surface area contributed by atoms with E-state index in [9.17, 15) is 9.90 Å². The Kier molecular flexibility index (Phi) is 4.39. The van der Waals surface area contributed by atoms with Gasteiger partial charge in [0.05, 0.1) is 39.0 Å². The Balaban J connectivity index is 1.32. The van der Waals surface area contributed by atoms with Crippen molar-refractivity contribution >= 4 is 5.97 Å². The number of aliphatic hydroxyl groups excluding tert-OH is 1. The second kappa shape index (κ2) is 6.78. The molecule has 2 saturated heterocycles. The lowest BCUT2D eigenvalue weighted by Gasteiger charge is -2.59. The van der Waals surface area contributed by atoms with Crippen LogP contribution in [0.5, 0.6) is 0 Å². The second-order valence-electron chi connectivity index (χ2n) is 10.1. The summed E-state index contributed by atoms with van der Waals surface area (Å²) >= 11 is 0. The highest BCUT2D eigenvalue weighted by Crippen LogP contribution is 2.66. The molecule has 0 aromatic rings. The van der Waals surface area contributed by atoms with Crippen molar-refractivity contribution in [1.29, 1.82) is 0 Å². The van der Waals surface area contributed by atoms with Crippen molar-refractivity contribution in [3.05, 3.63) is 11.6 Å². The number of hydrogen-bond acceptors (Lipinski definition) is 6. The Morgan fingerprint density at radius 1 is 1.17 bits per heavy atom. The molecular weight excluding hydrogens is 372 g/mol. The summed E-state index contributed by atoms with van der Waals surface area (Å²) in [5.41, 5.74) is 1.39. The van der Waals surface area contributed by atoms with Gasteiger partial charge in [0.15, 0.2) is 5.79 Å². The maximum Gasteiger partial charge on any atom is 0.306 e. The molecular formula is C23H32O6. The summed E-state index contributed by atoms with van der Waals surface area (Å²) in [7, 11) is 0. The molecule has 6 rings (SSSR count). The molecule has 5 fully saturated rings. The zero-order chi connectivity index (χ0) is 19.6. The highest BCUT2D eigenvalue weighted by molar-refractivity contribution is 5.72. The van der Waals surface area contributed by atoms with Crippen LogP contribution in [0, 0.1) is 29.1 Å². The van der Waals surface area contributed by atoms with Gasteiger partial charge in [-0.3, -0.25) is 4.79 Å². The molecule has 4 aliphatic carbocycles. The van der Waals surface area contributed by atoms with E-state index in [0.29, 0.717) is 49.9 Å². The van der Waals surface area contributed by atoms with E-state index in [4.69, 9.17) is 18.9 Å². The van der Waals surface area contributed by atoms with Crippen LogP contribution in [0.3, 0.4) is 0 Å². The van der Waals surface area contributed by atoms with Gasteiger partial charge in [-0.15, -0.1) is 0 Å². The summed E-state index contributed by atoms with van der Waals surface area (Å²) < 4.78 is 24.0. The van der Waals surface area contributed by atoms with E-state index in [1.807, 2.05) is 0 Å². The van der Waals surface area contributed by atoms with E-state index < -0.39 is 5.79 Å². The first-order valence-electron chi connectivity index (χ1n) is 11.6. The Morgan fingerprint density at radius 3 is 2.86 bits per heavy atom. The summed E-state index contributed by atoms with van der Waals surface area (Å²) in [5, 5.41) is 9.26. The minimum absolute atomic E-state index is 0.00370. The fraction of sp³-hybridized carbons (Fsp3) is 0.870. The summed E-state index contributed by atoms with van der Waals surface area (Å²) in [5.74, 6) is 1.51. The first-order chi connectivity index (χ1) is 14.1. The van der Waals surface area contributed by atoms with Crippen molar-refractivity contribution < 1.29 is 28.8 Å². The minimum Gasteiger partial charge on any atom is -0.462 e. The Bertz CT molecular complexity index is 712. The van der Waals surface area contributed by atoms with Crippen molar-refractivity contribution in [2.75, 3.05) is 26.4 Å². The van der Waals surface area contributed by atoms with E-state index in [0.717, 1.165) is 44.9 Å². The van der Waals surface area contributed by atoms with E-state index in [2.05, 4.69) is 6.08 Å². The lowest BCUT2D eigenvalue weighted by molar-refractivity contribution is -0.211. The number of rotatable bonds is 3. The molecule has 1 N–H and O–H groups in total. The fourth-order valence-corrected chi connectivity index (χ4v) is 8.17. The summed E-state index contributed by atoms with van der Waals surface area (Å²) in [6.07, 6.45) is 10.2. The molecule has 2 aliphatic heterocycles. The highest BCUT2D eigenvalue weighted by atomic mass is 16.7. The van der Waals surface area contributed by atoms with Crippen molar-refractivity contribution in [2.45, 2.75) is 69.4 Å². The molecule has 6 nitrogen and oxygen atoms in total. The van der Waals surface area contributed by atoms with Gasteiger partial charge in [-0.1, -0.05) is 5.57 Å². The third-order valence-electron chi connectivity index (χ3n) is 9.00. The lowest BCUT2D eigenvalue weighted by atomic mass is 9.49. The summed E-state index contributed by atoms with van der Waals surface area (Å²) in [6.45, 7) is 1.77. The van der Waals surface area contributed by atoms with Gasteiger partial charge in [0, 0.05) is 17.8 Å². The van der Waals surface area contributed by atoms with Gasteiger partial charge in [0.1, 0.15) is 6.10 Å². The molecule has 160 valence electrons. The third kappa shape index (κ3) is 2.72. The van der Waals surface area contributed by atoms with Gasteiger partial charge in [-0.25, -0.2) is 0 Å². The van der Waals surface area contributed by atoms with Crippen molar-refractivity contribution in [3.63, 3.8) is 0 Å². The third-order valence-corrected chi connectivity index (χ3v) is 9.00. The fourth-order valence-electron chi connectivity index (χ4n) is 8.17. The van der Waals surface area contributed by atoms with Gasteiger partial charge in [-0.2, -0.15) is 0 Å². The molecule has 2 spiro atoms. The number of allylic oxidation sites excluding steroid dienone is 1. The maximum atomic E-state index is 12.7. The molecule has 0 amide bonds. The normalized spacial score (nSPS) is 47.2. The minimum atomic E-state index is -0.489. The number of carbonyl (C=O) groups excluding carboxylic acids is 1. The smallest absolute Gasteiger partial charge is 0.306 e. The Labute approximate surface area is 171 Å². The van der Waals surface area contributed by atoms with E-state index in [1.165, 1.54) is 5.57 Å². The van der Waals surface area contributed by atoms with Gasteiger partial charge < -0.3 is 24.1 Å². The van der Waals surface area contributed by atoms with E-state index in [-0.39, 0.29) is 30.2 Å². The van der Waals surface area contributed by atoms with Crippen LogP contribution in [0.25, 0.3) is 0 Å². The van der Waals surface area contributed by atoms with Crippen molar-refractivity contribution in [3.8, 4) is 0 Å². The number of carbonyl (C=O) groups is 1. The number of ether oxygens (including phenoxy) is 4. The zero-order valence-corrected chi connectivity index (χ0v) is 17.0. The highest BCUT2D eigenvalue weighted by Gasteiger charge is 2.65. The molecule has 2 bridgehead atoms. The first-order valence-corrected chi connectivity index (χ1v) is 11.6. The number of hydrogen-bond donors (Lipinski definition) is 1. The molecule has 6 heteroatoms. The predicted molar refractivity (Wildman–Crippen MR) is 103 cm³/mol. The SMILES string of the molecule is O=C1CC23CC(O1)C1C4CCC5(C=C4CCC1C2CCC3OCCO)OCCO5. The van der Waals surface area contributed by atoms with Gasteiger partial charge in [0.25, 0.3) is 0 Å². The number of esters is 1. The average molecular weight is 405 g/mol. The van der Waals surface area contributed by atoms with Gasteiger partial charge >= 0.3 is 5.97 Å². The van der Waals surface area contributed by atoms with Crippen LogP contribution in [-0.4, -0.2) is 55.5 Å². The van der Waals surface area contributed by atoms with E-state index in [1.54, 1.807) is 0 Å². The lowest BCUT2D eigenvalue weighted by Crippen LogP contribution is -2.60. The van der Waals surface area contributed by atoms with Crippen LogP contribution >= 0.6 is 0 Å². The van der Waals surface area contributed by atoms with Crippen LogP contribution < -0.4 is 0 Å². The standard InChI is InChI=1S/C23H32O6/c24-7-8-26-19-4-3-17-16-2-1-14-11-23(27-9-10-28-23)6-5-15(14)21(16)18-12-22(17,19)13-20(25)29-18/h11,15-19,21,24H,1-10,12-13H2. The van der Waals surface area contributed by atoms with Crippen molar-refractivity contribution in [2.24, 2.45) is 29.1 Å². The molecule has 29 heavy (non-hydrogen) atoms. The molecule has 3 saturated carbocycles. The van der Waals surface area contributed by atoms with Crippen LogP contribution in [0.2, 0.25) is 0 Å². The van der Waals surface area contributed by atoms with Crippen LogP contribution in [-0.2, 0) is 23.7 Å². The van der Waals surface area contributed by atoms with Crippen LogP contribution in [0.4, 0.5) is 0 Å². The zero-order valence-electron chi connectivity index (χ0n) is 17.0. The average Bonchev–Trinajstić information content (AvgIpc) is 3.30. The van der Waals surface area contributed by atoms with Crippen molar-refractivity contribution in [1.82, 2.24) is 0 Å². The molecule has 7 unspecified atom stereocenters. The van der Waals surface area contributed by atoms with Crippen LogP contribution in [0.1, 0.15) is 51.4 Å². The van der Waals surface area contributed by atoms with Gasteiger partial charge in [-0.05, 0) is 62.4 Å². The summed E-state index contributed by atoms with van der Waals surface area (Å²) in [6, 6.07) is 0. The summed E-state index contributed by atoms with van der Waals surface area (Å²) in [4.78, 5) is 12.7. The molecule has 7 atom stereocenters. The largest absolute Gasteiger partial charge is 0.462 e. The van der Waals surface area contributed by atoms with Gasteiger partial charge in [0.2, 0.25) is 0 Å². The monoisotopic (exact) mass is 404 g/mol. The number of aliphatic hydroxyl groups is 1. The molecule has 0 radical (unpaired) electrons. The number of fused-ring (bicyclic) bond motifs is 6. The first kappa shape index (κ1) is 18.8. The molecule has 0 aromatic heterocycles. The quantitative estimate of drug-likeness (QED) is 0.576.